The van der Waals surface area contributed by atoms with Crippen molar-refractivity contribution in [2.75, 3.05) is 11.5 Å². The van der Waals surface area contributed by atoms with Crippen LogP contribution in [0.3, 0.4) is 0 Å². The molecule has 0 radical (unpaired) electrons. The van der Waals surface area contributed by atoms with Crippen LogP contribution in [0.2, 0.25) is 0 Å². The van der Waals surface area contributed by atoms with Crippen LogP contribution in [-0.2, 0) is 4.79 Å². The van der Waals surface area contributed by atoms with Gasteiger partial charge in [0.25, 0.3) is 5.67 Å². The SMILES string of the molecule is O=C(O)C1(F)CCSCC1(F)F. The Morgan fingerprint density at radius 2 is 2.00 bits per heavy atom. The zero-order chi connectivity index (χ0) is 9.41. The van der Waals surface area contributed by atoms with Gasteiger partial charge in [-0.2, -0.15) is 11.8 Å². The van der Waals surface area contributed by atoms with Gasteiger partial charge in [-0.1, -0.05) is 0 Å². The average molecular weight is 200 g/mol. The molecule has 0 spiro atoms. The molecule has 0 aromatic carbocycles. The molecule has 0 aliphatic carbocycles. The second-order valence-electron chi connectivity index (χ2n) is 2.61. The molecule has 1 aliphatic heterocycles. The summed E-state index contributed by atoms with van der Waals surface area (Å²) in [4.78, 5) is 10.2. The predicted molar refractivity (Wildman–Crippen MR) is 38.4 cm³/mol. The van der Waals surface area contributed by atoms with Gasteiger partial charge >= 0.3 is 11.9 Å². The average Bonchev–Trinajstić information content (AvgIpc) is 1.95. The summed E-state index contributed by atoms with van der Waals surface area (Å²) in [6, 6.07) is 0. The minimum absolute atomic E-state index is 0.123. The van der Waals surface area contributed by atoms with Crippen LogP contribution in [0, 0.1) is 0 Å². The van der Waals surface area contributed by atoms with Crippen molar-refractivity contribution in [3.05, 3.63) is 0 Å². The Bertz CT molecular complexity index is 209. The molecule has 1 rings (SSSR count). The number of hydrogen-bond donors (Lipinski definition) is 1. The van der Waals surface area contributed by atoms with E-state index >= 15 is 0 Å². The lowest BCUT2D eigenvalue weighted by molar-refractivity contribution is -0.180. The third kappa shape index (κ3) is 1.28. The van der Waals surface area contributed by atoms with Gasteiger partial charge in [-0.25, -0.2) is 18.0 Å². The van der Waals surface area contributed by atoms with Gasteiger partial charge in [0.1, 0.15) is 0 Å². The van der Waals surface area contributed by atoms with Crippen LogP contribution in [-0.4, -0.2) is 34.2 Å². The summed E-state index contributed by atoms with van der Waals surface area (Å²) in [5, 5.41) is 8.27. The fraction of sp³-hybridized carbons (Fsp3) is 0.833. The molecule has 1 atom stereocenters. The molecule has 1 aliphatic rings. The summed E-state index contributed by atoms with van der Waals surface area (Å²) in [6.07, 6.45) is -0.625. The lowest BCUT2D eigenvalue weighted by Gasteiger charge is -2.33. The molecule has 1 heterocycles. The van der Waals surface area contributed by atoms with E-state index in [9.17, 15) is 18.0 Å². The smallest absolute Gasteiger partial charge is 0.347 e. The largest absolute Gasteiger partial charge is 0.479 e. The van der Waals surface area contributed by atoms with E-state index in [1.165, 1.54) is 0 Å². The van der Waals surface area contributed by atoms with E-state index in [0.717, 1.165) is 11.8 Å². The number of hydrogen-bond acceptors (Lipinski definition) is 2. The number of rotatable bonds is 1. The minimum atomic E-state index is -3.75. The van der Waals surface area contributed by atoms with E-state index in [0.29, 0.717) is 0 Å². The van der Waals surface area contributed by atoms with Gasteiger partial charge in [0.2, 0.25) is 0 Å². The van der Waals surface area contributed by atoms with E-state index in [1.807, 2.05) is 0 Å². The number of alkyl halides is 3. The Morgan fingerprint density at radius 3 is 2.33 bits per heavy atom. The van der Waals surface area contributed by atoms with Crippen molar-refractivity contribution in [3.63, 3.8) is 0 Å². The molecule has 0 amide bonds. The standard InChI is InChI=1S/C6H7F3O2S/c7-5(4(10)11)1-2-12-3-6(5,8)9/h1-3H2,(H,10,11). The van der Waals surface area contributed by atoms with E-state index in [-0.39, 0.29) is 5.75 Å². The molecule has 0 bridgehead atoms. The van der Waals surface area contributed by atoms with Gasteiger partial charge in [-0.15, -0.1) is 0 Å². The highest BCUT2D eigenvalue weighted by atomic mass is 32.2. The van der Waals surface area contributed by atoms with Gasteiger partial charge in [0, 0.05) is 6.42 Å². The van der Waals surface area contributed by atoms with Crippen molar-refractivity contribution in [1.82, 2.24) is 0 Å². The first-order valence-electron chi connectivity index (χ1n) is 3.28. The topological polar surface area (TPSA) is 37.3 Å². The molecule has 0 aromatic heterocycles. The lowest BCUT2D eigenvalue weighted by atomic mass is 9.95. The highest BCUT2D eigenvalue weighted by molar-refractivity contribution is 7.99. The zero-order valence-electron chi connectivity index (χ0n) is 6.02. The first-order chi connectivity index (χ1) is 5.40. The maximum Gasteiger partial charge on any atom is 0.347 e. The summed E-state index contributed by atoms with van der Waals surface area (Å²) >= 11 is 0.868. The minimum Gasteiger partial charge on any atom is -0.479 e. The van der Waals surface area contributed by atoms with Crippen LogP contribution in [0.5, 0.6) is 0 Å². The molecule has 12 heavy (non-hydrogen) atoms. The van der Waals surface area contributed by atoms with Crippen LogP contribution in [0.4, 0.5) is 13.2 Å². The first-order valence-corrected chi connectivity index (χ1v) is 4.43. The molecule has 1 fully saturated rings. The molecule has 1 N–H and O–H groups in total. The Balaban J connectivity index is 2.91. The highest BCUT2D eigenvalue weighted by Crippen LogP contribution is 2.42. The van der Waals surface area contributed by atoms with Gasteiger partial charge in [0.05, 0.1) is 5.75 Å². The monoisotopic (exact) mass is 200 g/mol. The van der Waals surface area contributed by atoms with Gasteiger partial charge in [-0.3, -0.25) is 0 Å². The van der Waals surface area contributed by atoms with Crippen LogP contribution in [0.1, 0.15) is 6.42 Å². The third-order valence-electron chi connectivity index (χ3n) is 1.79. The molecule has 1 saturated heterocycles. The van der Waals surface area contributed by atoms with Crippen LogP contribution in [0.25, 0.3) is 0 Å². The maximum absolute atomic E-state index is 13.1. The van der Waals surface area contributed by atoms with Crippen molar-refractivity contribution in [3.8, 4) is 0 Å². The van der Waals surface area contributed by atoms with Crippen molar-refractivity contribution in [2.45, 2.75) is 18.0 Å². The molecular weight excluding hydrogens is 193 g/mol. The maximum atomic E-state index is 13.1. The Hall–Kier alpha value is -0.390. The molecule has 70 valence electrons. The summed E-state index contributed by atoms with van der Waals surface area (Å²) in [5.74, 6) is -6.44. The second kappa shape index (κ2) is 2.83. The van der Waals surface area contributed by atoms with Gasteiger partial charge in [-0.05, 0) is 5.75 Å². The van der Waals surface area contributed by atoms with E-state index in [2.05, 4.69) is 0 Å². The molecule has 6 heteroatoms. The molecule has 2 nitrogen and oxygen atoms in total. The second-order valence-corrected chi connectivity index (χ2v) is 3.72. The quantitative estimate of drug-likeness (QED) is 0.697. The van der Waals surface area contributed by atoms with Gasteiger partial charge in [0.15, 0.2) is 0 Å². The summed E-state index contributed by atoms with van der Waals surface area (Å²) < 4.78 is 38.6. The molecular formula is C6H7F3O2S. The summed E-state index contributed by atoms with van der Waals surface area (Å²) in [5.41, 5.74) is -3.36. The number of carbonyl (C=O) groups is 1. The van der Waals surface area contributed by atoms with Crippen LogP contribution in [0.15, 0.2) is 0 Å². The Labute approximate surface area is 71.1 Å². The van der Waals surface area contributed by atoms with Crippen LogP contribution >= 0.6 is 11.8 Å². The summed E-state index contributed by atoms with van der Waals surface area (Å²) in [7, 11) is 0. The number of carboxylic acid groups (broad SMARTS) is 1. The number of thioether (sulfide) groups is 1. The lowest BCUT2D eigenvalue weighted by Crippen LogP contribution is -2.54. The number of halogens is 3. The Morgan fingerprint density at radius 1 is 1.42 bits per heavy atom. The third-order valence-corrected chi connectivity index (χ3v) is 2.85. The van der Waals surface area contributed by atoms with Gasteiger partial charge < -0.3 is 5.11 Å². The van der Waals surface area contributed by atoms with E-state index < -0.39 is 29.7 Å². The Kier molecular flexibility index (Phi) is 2.29. The number of aliphatic carboxylic acids is 1. The molecule has 0 aromatic rings. The predicted octanol–water partition coefficient (Wildman–Crippen LogP) is 1.55. The van der Waals surface area contributed by atoms with Crippen molar-refractivity contribution < 1.29 is 23.1 Å². The first kappa shape index (κ1) is 9.70. The fourth-order valence-corrected chi connectivity index (χ4v) is 2.03. The molecule has 1 unspecified atom stereocenters. The zero-order valence-corrected chi connectivity index (χ0v) is 6.84. The van der Waals surface area contributed by atoms with Crippen LogP contribution < -0.4 is 0 Å². The normalized spacial score (nSPS) is 34.6. The number of carboxylic acids is 1. The summed E-state index contributed by atoms with van der Waals surface area (Å²) in [6.45, 7) is 0. The fourth-order valence-electron chi connectivity index (χ4n) is 0.974. The van der Waals surface area contributed by atoms with Crippen molar-refractivity contribution in [1.29, 1.82) is 0 Å². The molecule has 0 saturated carbocycles. The van der Waals surface area contributed by atoms with E-state index in [4.69, 9.17) is 5.11 Å². The van der Waals surface area contributed by atoms with Crippen molar-refractivity contribution in [2.24, 2.45) is 0 Å². The van der Waals surface area contributed by atoms with E-state index in [1.54, 1.807) is 0 Å². The van der Waals surface area contributed by atoms with Crippen molar-refractivity contribution >= 4 is 17.7 Å². The highest BCUT2D eigenvalue weighted by Gasteiger charge is 2.62.